The molecule has 0 N–H and O–H groups in total. The standard InChI is InChI=1S/C19H11Cl2N5O4S/c1-25-9-22-24-19(25)31-16-5-2-10(7-15(16)26(28)29)6-14-18(27)30-17(23-14)12-4-3-11(20)8-13(12)21/h2-9H,1H3. The van der Waals surface area contributed by atoms with Gasteiger partial charge in [0.1, 0.15) is 6.33 Å². The van der Waals surface area contributed by atoms with Gasteiger partial charge in [-0.15, -0.1) is 10.2 Å². The summed E-state index contributed by atoms with van der Waals surface area (Å²) in [6.45, 7) is 0. The number of aryl methyl sites for hydroxylation is 1. The number of aliphatic imine (C=N–C) groups is 1. The fraction of sp³-hybridized carbons (Fsp3) is 0.0526. The van der Waals surface area contributed by atoms with Crippen LogP contribution in [0.2, 0.25) is 10.0 Å². The van der Waals surface area contributed by atoms with Gasteiger partial charge < -0.3 is 9.30 Å². The van der Waals surface area contributed by atoms with E-state index in [2.05, 4.69) is 15.2 Å². The summed E-state index contributed by atoms with van der Waals surface area (Å²) in [4.78, 5) is 27.9. The van der Waals surface area contributed by atoms with Crippen LogP contribution in [-0.4, -0.2) is 31.6 Å². The summed E-state index contributed by atoms with van der Waals surface area (Å²) in [6.07, 6.45) is 2.91. The number of esters is 1. The summed E-state index contributed by atoms with van der Waals surface area (Å²) >= 11 is 13.1. The molecule has 0 aliphatic carbocycles. The first kappa shape index (κ1) is 21.0. The number of nitrogens with zero attached hydrogens (tertiary/aromatic N) is 5. The number of nitro benzene ring substituents is 1. The van der Waals surface area contributed by atoms with Crippen molar-refractivity contribution in [2.24, 2.45) is 12.0 Å². The quantitative estimate of drug-likeness (QED) is 0.230. The zero-order valence-corrected chi connectivity index (χ0v) is 18.0. The number of hydrogen-bond acceptors (Lipinski definition) is 8. The zero-order chi connectivity index (χ0) is 22.1. The maximum absolute atomic E-state index is 12.2. The van der Waals surface area contributed by atoms with Gasteiger partial charge in [0.25, 0.3) is 5.69 Å². The molecule has 1 aromatic heterocycles. The van der Waals surface area contributed by atoms with Crippen LogP contribution in [0.5, 0.6) is 0 Å². The lowest BCUT2D eigenvalue weighted by Gasteiger charge is -2.03. The fourth-order valence-electron chi connectivity index (χ4n) is 2.66. The van der Waals surface area contributed by atoms with Crippen molar-refractivity contribution in [1.82, 2.24) is 14.8 Å². The lowest BCUT2D eigenvalue weighted by atomic mass is 10.1. The topological polar surface area (TPSA) is 113 Å². The van der Waals surface area contributed by atoms with Gasteiger partial charge in [-0.2, -0.15) is 0 Å². The third-order valence-corrected chi connectivity index (χ3v) is 5.80. The van der Waals surface area contributed by atoms with Gasteiger partial charge in [0.05, 0.1) is 20.4 Å². The SMILES string of the molecule is Cn1cnnc1Sc1ccc(C=C2N=C(c3ccc(Cl)cc3Cl)OC2=O)cc1[N+](=O)[O-]. The molecule has 0 amide bonds. The van der Waals surface area contributed by atoms with Crippen LogP contribution in [0.1, 0.15) is 11.1 Å². The average molecular weight is 476 g/mol. The van der Waals surface area contributed by atoms with Gasteiger partial charge in [-0.1, -0.05) is 29.3 Å². The predicted octanol–water partition coefficient (Wildman–Crippen LogP) is 4.53. The Morgan fingerprint density at radius 2 is 2.03 bits per heavy atom. The average Bonchev–Trinajstić information content (AvgIpc) is 3.28. The predicted molar refractivity (Wildman–Crippen MR) is 115 cm³/mol. The largest absolute Gasteiger partial charge is 0.402 e. The number of benzene rings is 2. The van der Waals surface area contributed by atoms with Crippen LogP contribution < -0.4 is 0 Å². The van der Waals surface area contributed by atoms with Crippen molar-refractivity contribution in [2.75, 3.05) is 0 Å². The third-order valence-electron chi connectivity index (χ3n) is 4.14. The van der Waals surface area contributed by atoms with Crippen molar-refractivity contribution in [1.29, 1.82) is 0 Å². The van der Waals surface area contributed by atoms with Crippen molar-refractivity contribution < 1.29 is 14.5 Å². The number of carbonyl (C=O) groups is 1. The first-order chi connectivity index (χ1) is 14.8. The van der Waals surface area contributed by atoms with E-state index in [4.69, 9.17) is 27.9 Å². The number of carbonyl (C=O) groups excluding carboxylic acids is 1. The summed E-state index contributed by atoms with van der Waals surface area (Å²) in [6, 6.07) is 9.25. The van der Waals surface area contributed by atoms with E-state index in [0.717, 1.165) is 11.8 Å². The van der Waals surface area contributed by atoms with Gasteiger partial charge in [0.2, 0.25) is 5.90 Å². The molecule has 0 unspecified atom stereocenters. The van der Waals surface area contributed by atoms with Gasteiger partial charge in [0, 0.05) is 18.1 Å². The van der Waals surface area contributed by atoms with Crippen LogP contribution in [0.4, 0.5) is 5.69 Å². The second kappa shape index (κ2) is 8.50. The van der Waals surface area contributed by atoms with Gasteiger partial charge in [-0.3, -0.25) is 10.1 Å². The molecule has 0 bridgehead atoms. The van der Waals surface area contributed by atoms with Crippen molar-refractivity contribution in [3.05, 3.63) is 79.7 Å². The van der Waals surface area contributed by atoms with Gasteiger partial charge in [-0.25, -0.2) is 9.79 Å². The number of ether oxygens (including phenoxy) is 1. The highest BCUT2D eigenvalue weighted by molar-refractivity contribution is 7.99. The van der Waals surface area contributed by atoms with E-state index in [1.807, 2.05) is 0 Å². The zero-order valence-electron chi connectivity index (χ0n) is 15.7. The lowest BCUT2D eigenvalue weighted by molar-refractivity contribution is -0.387. The number of halogens is 2. The maximum atomic E-state index is 12.2. The first-order valence-corrected chi connectivity index (χ1v) is 10.2. The second-order valence-electron chi connectivity index (χ2n) is 6.27. The van der Waals surface area contributed by atoms with Crippen LogP contribution in [-0.2, 0) is 16.6 Å². The van der Waals surface area contributed by atoms with E-state index in [1.54, 1.807) is 35.9 Å². The van der Waals surface area contributed by atoms with E-state index in [0.29, 0.717) is 26.2 Å². The summed E-state index contributed by atoms with van der Waals surface area (Å²) < 4.78 is 6.85. The van der Waals surface area contributed by atoms with E-state index in [-0.39, 0.29) is 22.3 Å². The van der Waals surface area contributed by atoms with Crippen LogP contribution in [0.25, 0.3) is 6.08 Å². The molecule has 0 radical (unpaired) electrons. The molecular weight excluding hydrogens is 465 g/mol. The molecule has 1 aliphatic rings. The van der Waals surface area contributed by atoms with Crippen LogP contribution in [0.3, 0.4) is 0 Å². The van der Waals surface area contributed by atoms with Crippen LogP contribution in [0.15, 0.2) is 63.5 Å². The summed E-state index contributed by atoms with van der Waals surface area (Å²) in [5, 5.41) is 20.5. The minimum absolute atomic E-state index is 0.0102. The molecule has 31 heavy (non-hydrogen) atoms. The lowest BCUT2D eigenvalue weighted by Crippen LogP contribution is -2.05. The van der Waals surface area contributed by atoms with E-state index in [9.17, 15) is 14.9 Å². The van der Waals surface area contributed by atoms with Gasteiger partial charge >= 0.3 is 5.97 Å². The molecule has 156 valence electrons. The molecule has 2 aromatic carbocycles. The number of cyclic esters (lactones) is 1. The highest BCUT2D eigenvalue weighted by Gasteiger charge is 2.26. The van der Waals surface area contributed by atoms with Crippen molar-refractivity contribution in [2.45, 2.75) is 10.1 Å². The number of aromatic nitrogens is 3. The Morgan fingerprint density at radius 3 is 2.71 bits per heavy atom. The highest BCUT2D eigenvalue weighted by Crippen LogP contribution is 2.35. The molecule has 3 aromatic rings. The monoisotopic (exact) mass is 475 g/mol. The number of hydrogen-bond donors (Lipinski definition) is 0. The minimum atomic E-state index is -0.693. The Morgan fingerprint density at radius 1 is 1.23 bits per heavy atom. The molecule has 0 fully saturated rings. The Kier molecular flexibility index (Phi) is 5.77. The molecule has 2 heterocycles. The molecule has 4 rings (SSSR count). The van der Waals surface area contributed by atoms with Crippen LogP contribution in [0, 0.1) is 10.1 Å². The normalized spacial score (nSPS) is 14.6. The van der Waals surface area contributed by atoms with Crippen molar-refractivity contribution >= 4 is 58.6 Å². The van der Waals surface area contributed by atoms with E-state index >= 15 is 0 Å². The Bertz CT molecular complexity index is 1290. The maximum Gasteiger partial charge on any atom is 0.363 e. The smallest absolute Gasteiger partial charge is 0.363 e. The second-order valence-corrected chi connectivity index (χ2v) is 8.12. The molecule has 1 aliphatic heterocycles. The third kappa shape index (κ3) is 4.46. The fourth-order valence-corrected chi connectivity index (χ4v) is 4.00. The van der Waals surface area contributed by atoms with E-state index < -0.39 is 10.9 Å². The Balaban J connectivity index is 1.67. The van der Waals surface area contributed by atoms with Crippen LogP contribution >= 0.6 is 35.0 Å². The Hall–Kier alpha value is -3.21. The molecule has 0 saturated carbocycles. The molecule has 0 saturated heterocycles. The van der Waals surface area contributed by atoms with Crippen molar-refractivity contribution in [3.8, 4) is 0 Å². The highest BCUT2D eigenvalue weighted by atomic mass is 35.5. The Labute approximate surface area is 189 Å². The van der Waals surface area contributed by atoms with E-state index in [1.165, 1.54) is 24.5 Å². The molecule has 12 heteroatoms. The minimum Gasteiger partial charge on any atom is -0.402 e. The van der Waals surface area contributed by atoms with Gasteiger partial charge in [0.15, 0.2) is 10.9 Å². The van der Waals surface area contributed by atoms with Crippen molar-refractivity contribution in [3.63, 3.8) is 0 Å². The molecular formula is C19H11Cl2N5O4S. The summed E-state index contributed by atoms with van der Waals surface area (Å²) in [5.74, 6) is -0.664. The number of rotatable bonds is 5. The molecule has 9 nitrogen and oxygen atoms in total. The molecule has 0 spiro atoms. The molecule has 0 atom stereocenters. The van der Waals surface area contributed by atoms with Gasteiger partial charge in [-0.05, 0) is 47.7 Å². The first-order valence-electron chi connectivity index (χ1n) is 8.60. The summed E-state index contributed by atoms with van der Waals surface area (Å²) in [5.41, 5.74) is 0.667. The number of nitro groups is 1. The summed E-state index contributed by atoms with van der Waals surface area (Å²) in [7, 11) is 1.74.